The third kappa shape index (κ3) is 2.08. The Morgan fingerprint density at radius 1 is 1.36 bits per heavy atom. The van der Waals surface area contributed by atoms with Crippen molar-refractivity contribution in [2.45, 2.75) is 44.9 Å². The van der Waals surface area contributed by atoms with Crippen LogP contribution in [0.2, 0.25) is 5.35 Å². The van der Waals surface area contributed by atoms with Crippen molar-refractivity contribution in [3.8, 4) is 0 Å². The smallest absolute Gasteiger partial charge is 0.320 e. The van der Waals surface area contributed by atoms with Gasteiger partial charge < -0.3 is 4.52 Å². The van der Waals surface area contributed by atoms with Crippen molar-refractivity contribution in [2.75, 3.05) is 0 Å². The highest BCUT2D eigenvalue weighted by molar-refractivity contribution is 6.27. The first-order valence-electron chi connectivity index (χ1n) is 5.28. The number of rotatable bonds is 2. The van der Waals surface area contributed by atoms with Crippen LogP contribution in [0.25, 0.3) is 0 Å². The molecule has 0 spiro atoms. The maximum Gasteiger partial charge on any atom is 0.320 e. The quantitative estimate of drug-likeness (QED) is 0.758. The molecule has 0 aliphatic heterocycles. The zero-order valence-corrected chi connectivity index (χ0v) is 9.13. The zero-order chi connectivity index (χ0) is 9.97. The summed E-state index contributed by atoms with van der Waals surface area (Å²) in [5, 5.41) is 4.04. The lowest BCUT2D eigenvalue weighted by Crippen LogP contribution is -2.13. The van der Waals surface area contributed by atoms with Gasteiger partial charge in [0.05, 0.1) is 0 Å². The van der Waals surface area contributed by atoms with Gasteiger partial charge in [0, 0.05) is 5.92 Å². The van der Waals surface area contributed by atoms with E-state index in [4.69, 9.17) is 16.1 Å². The van der Waals surface area contributed by atoms with Gasteiger partial charge in [0.25, 0.3) is 0 Å². The molecule has 0 amide bonds. The molecule has 4 heteroatoms. The van der Waals surface area contributed by atoms with E-state index < -0.39 is 0 Å². The molecule has 1 heterocycles. The van der Waals surface area contributed by atoms with Gasteiger partial charge in [0.1, 0.15) is 0 Å². The van der Waals surface area contributed by atoms with Gasteiger partial charge in [0.2, 0.25) is 0 Å². The molecule has 1 saturated carbocycles. The standard InChI is InChI=1S/C10H15ClN2O/c1-2-7-3-5-8(6-4-7)9-12-10(11)14-13-9/h7-8H,2-6H2,1H3. The maximum absolute atomic E-state index is 5.60. The first-order chi connectivity index (χ1) is 6.79. The zero-order valence-electron chi connectivity index (χ0n) is 8.37. The molecule has 0 atom stereocenters. The third-order valence-electron chi connectivity index (χ3n) is 3.21. The average Bonchev–Trinajstić information content (AvgIpc) is 2.65. The number of aromatic nitrogens is 2. The van der Waals surface area contributed by atoms with E-state index in [0.29, 0.717) is 5.92 Å². The highest BCUT2D eigenvalue weighted by atomic mass is 35.5. The highest BCUT2D eigenvalue weighted by Gasteiger charge is 2.24. The molecule has 1 aromatic rings. The summed E-state index contributed by atoms with van der Waals surface area (Å²) in [6, 6.07) is 0. The van der Waals surface area contributed by atoms with Crippen molar-refractivity contribution in [1.82, 2.24) is 10.1 Å². The number of hydrogen-bond donors (Lipinski definition) is 0. The molecule has 0 saturated heterocycles. The largest absolute Gasteiger partial charge is 0.321 e. The minimum absolute atomic E-state index is 0.164. The van der Waals surface area contributed by atoms with Crippen LogP contribution in [-0.4, -0.2) is 10.1 Å². The molecule has 0 aromatic carbocycles. The minimum atomic E-state index is 0.164. The molecule has 0 bridgehead atoms. The third-order valence-corrected chi connectivity index (χ3v) is 3.36. The molecule has 1 aromatic heterocycles. The van der Waals surface area contributed by atoms with Gasteiger partial charge in [-0.25, -0.2) is 0 Å². The molecular formula is C10H15ClN2O. The topological polar surface area (TPSA) is 38.9 Å². The molecule has 0 unspecified atom stereocenters. The van der Waals surface area contributed by atoms with Crippen LogP contribution >= 0.6 is 11.6 Å². The summed E-state index contributed by atoms with van der Waals surface area (Å²) in [5.74, 6) is 2.16. The van der Waals surface area contributed by atoms with Gasteiger partial charge in [-0.1, -0.05) is 18.5 Å². The normalized spacial score (nSPS) is 27.9. The average molecular weight is 215 g/mol. The van der Waals surface area contributed by atoms with E-state index in [1.165, 1.54) is 32.1 Å². The summed E-state index contributed by atoms with van der Waals surface area (Å²) < 4.78 is 4.78. The van der Waals surface area contributed by atoms with Crippen LogP contribution in [0.1, 0.15) is 50.8 Å². The lowest BCUT2D eigenvalue weighted by Gasteiger charge is -2.25. The Morgan fingerprint density at radius 3 is 2.57 bits per heavy atom. The van der Waals surface area contributed by atoms with Crippen molar-refractivity contribution in [1.29, 1.82) is 0 Å². The van der Waals surface area contributed by atoms with E-state index in [9.17, 15) is 0 Å². The van der Waals surface area contributed by atoms with Crippen LogP contribution in [0.5, 0.6) is 0 Å². The van der Waals surface area contributed by atoms with Crippen LogP contribution in [0.4, 0.5) is 0 Å². The Morgan fingerprint density at radius 2 is 2.07 bits per heavy atom. The van der Waals surface area contributed by atoms with Crippen molar-refractivity contribution >= 4 is 11.6 Å². The fourth-order valence-electron chi connectivity index (χ4n) is 2.21. The van der Waals surface area contributed by atoms with E-state index in [0.717, 1.165) is 11.7 Å². The van der Waals surface area contributed by atoms with E-state index in [2.05, 4.69) is 17.1 Å². The van der Waals surface area contributed by atoms with Crippen LogP contribution < -0.4 is 0 Å². The van der Waals surface area contributed by atoms with Gasteiger partial charge in [-0.3, -0.25) is 0 Å². The van der Waals surface area contributed by atoms with Crippen LogP contribution in [0, 0.1) is 5.92 Å². The van der Waals surface area contributed by atoms with Crippen molar-refractivity contribution in [3.05, 3.63) is 11.2 Å². The second-order valence-corrected chi connectivity index (χ2v) is 4.35. The summed E-state index contributed by atoms with van der Waals surface area (Å²) in [4.78, 5) is 4.07. The van der Waals surface area contributed by atoms with E-state index >= 15 is 0 Å². The Hall–Kier alpha value is -0.570. The molecular weight excluding hydrogens is 200 g/mol. The second-order valence-electron chi connectivity index (χ2n) is 4.03. The van der Waals surface area contributed by atoms with E-state index in [-0.39, 0.29) is 5.35 Å². The Kier molecular flexibility index (Phi) is 3.06. The summed E-state index contributed by atoms with van der Waals surface area (Å²) in [6.45, 7) is 2.26. The molecule has 78 valence electrons. The van der Waals surface area contributed by atoms with Gasteiger partial charge in [-0.2, -0.15) is 4.98 Å². The Balaban J connectivity index is 1.95. The van der Waals surface area contributed by atoms with Gasteiger partial charge in [-0.15, -0.1) is 0 Å². The molecule has 14 heavy (non-hydrogen) atoms. The number of hydrogen-bond acceptors (Lipinski definition) is 3. The Bertz CT molecular complexity index is 292. The van der Waals surface area contributed by atoms with Crippen LogP contribution in [-0.2, 0) is 0 Å². The van der Waals surface area contributed by atoms with Crippen molar-refractivity contribution in [3.63, 3.8) is 0 Å². The van der Waals surface area contributed by atoms with Gasteiger partial charge in [-0.05, 0) is 43.2 Å². The summed E-state index contributed by atoms with van der Waals surface area (Å²) in [7, 11) is 0. The number of nitrogens with zero attached hydrogens (tertiary/aromatic N) is 2. The maximum atomic E-state index is 5.60. The predicted molar refractivity (Wildman–Crippen MR) is 54.3 cm³/mol. The van der Waals surface area contributed by atoms with Crippen LogP contribution in [0.15, 0.2) is 4.52 Å². The lowest BCUT2D eigenvalue weighted by molar-refractivity contribution is 0.305. The van der Waals surface area contributed by atoms with Gasteiger partial charge in [0.15, 0.2) is 5.82 Å². The molecule has 1 fully saturated rings. The predicted octanol–water partition coefficient (Wildman–Crippen LogP) is 3.41. The molecule has 0 N–H and O–H groups in total. The summed E-state index contributed by atoms with van der Waals surface area (Å²) in [6.07, 6.45) is 6.21. The Labute approximate surface area is 88.8 Å². The minimum Gasteiger partial charge on any atom is -0.321 e. The first kappa shape index (κ1) is 9.97. The monoisotopic (exact) mass is 214 g/mol. The molecule has 3 nitrogen and oxygen atoms in total. The van der Waals surface area contributed by atoms with E-state index in [1.807, 2.05) is 0 Å². The van der Waals surface area contributed by atoms with Crippen LogP contribution in [0.3, 0.4) is 0 Å². The molecule has 1 aliphatic rings. The lowest BCUT2D eigenvalue weighted by atomic mass is 9.80. The SMILES string of the molecule is CCC1CCC(c2noc(Cl)n2)CC1. The van der Waals surface area contributed by atoms with E-state index in [1.54, 1.807) is 0 Å². The molecule has 2 rings (SSSR count). The summed E-state index contributed by atoms with van der Waals surface area (Å²) >= 11 is 5.60. The fourth-order valence-corrected chi connectivity index (χ4v) is 2.33. The fraction of sp³-hybridized carbons (Fsp3) is 0.800. The van der Waals surface area contributed by atoms with Gasteiger partial charge >= 0.3 is 5.35 Å². The first-order valence-corrected chi connectivity index (χ1v) is 5.66. The second kappa shape index (κ2) is 4.30. The summed E-state index contributed by atoms with van der Waals surface area (Å²) in [5.41, 5.74) is 0. The highest BCUT2D eigenvalue weighted by Crippen LogP contribution is 2.35. The van der Waals surface area contributed by atoms with Crippen molar-refractivity contribution in [2.24, 2.45) is 5.92 Å². The number of halogens is 1. The molecule has 1 aliphatic carbocycles. The van der Waals surface area contributed by atoms with Crippen molar-refractivity contribution < 1.29 is 4.52 Å². The molecule has 0 radical (unpaired) electrons.